The maximum Gasteiger partial charge on any atom is 0.270 e. The van der Waals surface area contributed by atoms with E-state index in [0.717, 1.165) is 37.9 Å². The Labute approximate surface area is 121 Å². The molecule has 0 unspecified atom stereocenters. The molecule has 1 rings (SSSR count). The molecule has 0 atom stereocenters. The fourth-order valence-corrected chi connectivity index (χ4v) is 1.80. The fourth-order valence-electron chi connectivity index (χ4n) is 1.80. The van der Waals surface area contributed by atoms with E-state index in [-0.39, 0.29) is 5.91 Å². The molecule has 0 saturated carbocycles. The van der Waals surface area contributed by atoms with Crippen LogP contribution in [0.3, 0.4) is 0 Å². The molecule has 1 N–H and O–H groups in total. The van der Waals surface area contributed by atoms with Crippen LogP contribution in [0.1, 0.15) is 55.7 Å². The normalized spacial score (nSPS) is 10.4. The van der Waals surface area contributed by atoms with E-state index in [1.54, 1.807) is 6.07 Å². The maximum atomic E-state index is 12.0. The predicted octanol–water partition coefficient (Wildman–Crippen LogP) is 2.55. The van der Waals surface area contributed by atoms with Crippen molar-refractivity contribution >= 4 is 11.9 Å². The number of aryl methyl sites for hydroxylation is 1. The summed E-state index contributed by atoms with van der Waals surface area (Å²) in [5, 5.41) is 2.89. The van der Waals surface area contributed by atoms with Crippen molar-refractivity contribution in [3.8, 4) is 0 Å². The van der Waals surface area contributed by atoms with Crippen LogP contribution in [0.25, 0.3) is 0 Å². The second-order valence-corrected chi connectivity index (χ2v) is 5.08. The summed E-state index contributed by atoms with van der Waals surface area (Å²) < 4.78 is 0. The lowest BCUT2D eigenvalue weighted by atomic mass is 10.3. The van der Waals surface area contributed by atoms with Crippen molar-refractivity contribution in [1.82, 2.24) is 15.3 Å². The van der Waals surface area contributed by atoms with Gasteiger partial charge in [-0.05, 0) is 25.8 Å². The Balaban J connectivity index is 2.77. The maximum absolute atomic E-state index is 12.0. The third kappa shape index (κ3) is 5.15. The number of nitrogens with one attached hydrogen (secondary N) is 1. The van der Waals surface area contributed by atoms with Gasteiger partial charge in [-0.2, -0.15) is 0 Å². The van der Waals surface area contributed by atoms with Gasteiger partial charge in [-0.3, -0.25) is 4.79 Å². The molecule has 5 heteroatoms. The minimum absolute atomic E-state index is 0.117. The molecular formula is C15H26N4O. The number of hydrogen-bond acceptors (Lipinski definition) is 4. The molecule has 0 bridgehead atoms. The molecule has 5 nitrogen and oxygen atoms in total. The lowest BCUT2D eigenvalue weighted by molar-refractivity contribution is 0.0948. The first kappa shape index (κ1) is 16.4. The first-order chi connectivity index (χ1) is 9.58. The van der Waals surface area contributed by atoms with Crippen molar-refractivity contribution in [1.29, 1.82) is 0 Å². The molecule has 0 aromatic carbocycles. The van der Waals surface area contributed by atoms with Crippen LogP contribution >= 0.6 is 0 Å². The van der Waals surface area contributed by atoms with E-state index < -0.39 is 0 Å². The molecule has 1 aromatic heterocycles. The van der Waals surface area contributed by atoms with Gasteiger partial charge in [-0.1, -0.05) is 26.7 Å². The van der Waals surface area contributed by atoms with Gasteiger partial charge in [0, 0.05) is 25.8 Å². The molecule has 1 aromatic rings. The molecule has 1 heterocycles. The van der Waals surface area contributed by atoms with Crippen molar-refractivity contribution < 1.29 is 4.79 Å². The fraction of sp³-hybridized carbons (Fsp3) is 0.667. The van der Waals surface area contributed by atoms with Gasteiger partial charge in [-0.25, -0.2) is 9.97 Å². The molecule has 0 aliphatic carbocycles. The van der Waals surface area contributed by atoms with Crippen molar-refractivity contribution in [2.75, 3.05) is 25.0 Å². The highest BCUT2D eigenvalue weighted by molar-refractivity contribution is 5.92. The highest BCUT2D eigenvalue weighted by atomic mass is 16.1. The number of carbonyl (C=O) groups is 1. The summed E-state index contributed by atoms with van der Waals surface area (Å²) in [5.74, 6) is 0.508. The average Bonchev–Trinajstić information content (AvgIpc) is 2.44. The van der Waals surface area contributed by atoms with Crippen LogP contribution in [-0.2, 0) is 0 Å². The van der Waals surface area contributed by atoms with Crippen LogP contribution in [0, 0.1) is 6.92 Å². The number of hydrogen-bond donors (Lipinski definition) is 1. The quantitative estimate of drug-likeness (QED) is 0.742. The Kier molecular flexibility index (Phi) is 6.98. The molecule has 0 aliphatic rings. The van der Waals surface area contributed by atoms with Gasteiger partial charge in [0.25, 0.3) is 5.91 Å². The number of rotatable bonds is 8. The predicted molar refractivity (Wildman–Crippen MR) is 82.2 cm³/mol. The lowest BCUT2D eigenvalue weighted by Crippen LogP contribution is -2.27. The van der Waals surface area contributed by atoms with Crippen LogP contribution in [0.2, 0.25) is 0 Å². The Hall–Kier alpha value is -1.65. The molecule has 1 amide bonds. The summed E-state index contributed by atoms with van der Waals surface area (Å²) in [4.78, 5) is 22.8. The van der Waals surface area contributed by atoms with E-state index in [0.29, 0.717) is 18.2 Å². The van der Waals surface area contributed by atoms with Crippen LogP contribution in [0.15, 0.2) is 6.07 Å². The molecule has 0 radical (unpaired) electrons. The zero-order valence-electron chi connectivity index (χ0n) is 13.1. The summed E-state index contributed by atoms with van der Waals surface area (Å²) in [7, 11) is 1.96. The zero-order chi connectivity index (χ0) is 15.0. The van der Waals surface area contributed by atoms with E-state index in [4.69, 9.17) is 0 Å². The minimum Gasteiger partial charge on any atom is -0.351 e. The highest BCUT2D eigenvalue weighted by Crippen LogP contribution is 2.10. The first-order valence-electron chi connectivity index (χ1n) is 7.43. The average molecular weight is 278 g/mol. The topological polar surface area (TPSA) is 58.1 Å². The molecule has 20 heavy (non-hydrogen) atoms. The molecule has 112 valence electrons. The number of aromatic nitrogens is 2. The smallest absolute Gasteiger partial charge is 0.270 e. The van der Waals surface area contributed by atoms with Crippen molar-refractivity contribution in [2.45, 2.75) is 46.5 Å². The van der Waals surface area contributed by atoms with Gasteiger partial charge in [0.15, 0.2) is 0 Å². The van der Waals surface area contributed by atoms with Crippen LogP contribution in [0.5, 0.6) is 0 Å². The summed E-state index contributed by atoms with van der Waals surface area (Å²) in [6.07, 6.45) is 4.26. The lowest BCUT2D eigenvalue weighted by Gasteiger charge is -2.17. The largest absolute Gasteiger partial charge is 0.351 e. The highest BCUT2D eigenvalue weighted by Gasteiger charge is 2.12. The third-order valence-electron chi connectivity index (χ3n) is 3.08. The van der Waals surface area contributed by atoms with Gasteiger partial charge < -0.3 is 10.2 Å². The molecule has 0 spiro atoms. The van der Waals surface area contributed by atoms with E-state index in [1.165, 1.54) is 0 Å². The molecule has 0 fully saturated rings. The van der Waals surface area contributed by atoms with E-state index in [2.05, 4.69) is 29.1 Å². The number of anilines is 1. The Bertz CT molecular complexity index is 434. The summed E-state index contributed by atoms with van der Waals surface area (Å²) in [6.45, 7) is 7.73. The van der Waals surface area contributed by atoms with Crippen molar-refractivity contribution in [3.63, 3.8) is 0 Å². The van der Waals surface area contributed by atoms with Gasteiger partial charge in [-0.15, -0.1) is 0 Å². The summed E-state index contributed by atoms with van der Waals surface area (Å²) >= 11 is 0. The Morgan fingerprint density at radius 2 is 1.95 bits per heavy atom. The van der Waals surface area contributed by atoms with Gasteiger partial charge in [0.05, 0.1) is 0 Å². The van der Waals surface area contributed by atoms with Crippen molar-refractivity contribution in [3.05, 3.63) is 17.5 Å². The van der Waals surface area contributed by atoms with Crippen LogP contribution in [-0.4, -0.2) is 36.0 Å². The van der Waals surface area contributed by atoms with Crippen LogP contribution < -0.4 is 10.2 Å². The third-order valence-corrected chi connectivity index (χ3v) is 3.08. The molecular weight excluding hydrogens is 252 g/mol. The number of amides is 1. The van der Waals surface area contributed by atoms with Crippen molar-refractivity contribution in [2.24, 2.45) is 0 Å². The first-order valence-corrected chi connectivity index (χ1v) is 7.43. The van der Waals surface area contributed by atoms with Gasteiger partial charge in [0.1, 0.15) is 5.69 Å². The number of carbonyl (C=O) groups excluding carboxylic acids is 1. The Morgan fingerprint density at radius 3 is 2.60 bits per heavy atom. The van der Waals surface area contributed by atoms with E-state index >= 15 is 0 Å². The minimum atomic E-state index is -0.117. The van der Waals surface area contributed by atoms with Gasteiger partial charge in [0.2, 0.25) is 5.95 Å². The number of unbranched alkanes of at least 4 members (excludes halogenated alkanes) is 2. The zero-order valence-corrected chi connectivity index (χ0v) is 13.1. The SMILES string of the molecule is CCCCNC(=O)c1cc(C)nc(N(C)CCCC)n1. The summed E-state index contributed by atoms with van der Waals surface area (Å²) in [5.41, 5.74) is 1.27. The van der Waals surface area contributed by atoms with Gasteiger partial charge >= 0.3 is 0 Å². The molecule has 0 saturated heterocycles. The van der Waals surface area contributed by atoms with E-state index in [1.807, 2.05) is 18.9 Å². The summed E-state index contributed by atoms with van der Waals surface area (Å²) in [6, 6.07) is 1.73. The second kappa shape index (κ2) is 8.51. The number of nitrogens with zero attached hydrogens (tertiary/aromatic N) is 3. The molecule has 0 aliphatic heterocycles. The Morgan fingerprint density at radius 1 is 1.25 bits per heavy atom. The monoisotopic (exact) mass is 278 g/mol. The van der Waals surface area contributed by atoms with E-state index in [9.17, 15) is 4.79 Å². The second-order valence-electron chi connectivity index (χ2n) is 5.08. The standard InChI is InChI=1S/C15H26N4O/c1-5-7-9-16-14(20)13-11-12(3)17-15(18-13)19(4)10-8-6-2/h11H,5-10H2,1-4H3,(H,16,20). The van der Waals surface area contributed by atoms with Crippen LogP contribution in [0.4, 0.5) is 5.95 Å².